The molecule has 0 aromatic heterocycles. The number of nitrogens with zero attached hydrogens (tertiary/aromatic N) is 1. The number of amides is 1. The van der Waals surface area contributed by atoms with E-state index in [9.17, 15) is 13.6 Å². The lowest BCUT2D eigenvalue weighted by atomic mass is 9.87. The first-order valence-corrected chi connectivity index (χ1v) is 8.95. The summed E-state index contributed by atoms with van der Waals surface area (Å²) < 4.78 is 28.5. The second-order valence-corrected chi connectivity index (χ2v) is 6.86. The molecule has 0 spiro atoms. The van der Waals surface area contributed by atoms with Crippen LogP contribution in [0.2, 0.25) is 0 Å². The highest BCUT2D eigenvalue weighted by Crippen LogP contribution is 2.36. The first kappa shape index (κ1) is 17.4. The third-order valence-corrected chi connectivity index (χ3v) is 5.11. The number of carbonyl (C=O) groups excluding carboxylic acids is 1. The second-order valence-electron chi connectivity index (χ2n) is 6.86. The van der Waals surface area contributed by atoms with E-state index in [0.29, 0.717) is 13.0 Å². The van der Waals surface area contributed by atoms with E-state index >= 15 is 0 Å². The van der Waals surface area contributed by atoms with Gasteiger partial charge in [0.15, 0.2) is 0 Å². The highest BCUT2D eigenvalue weighted by Gasteiger charge is 2.34. The van der Waals surface area contributed by atoms with Crippen molar-refractivity contribution in [2.24, 2.45) is 0 Å². The Labute approximate surface area is 157 Å². The average molecular weight is 363 g/mol. The first-order chi connectivity index (χ1) is 13.1. The van der Waals surface area contributed by atoms with Gasteiger partial charge >= 0.3 is 0 Å². The molecule has 1 unspecified atom stereocenters. The second kappa shape index (κ2) is 6.95. The number of hydrogen-bond donors (Lipinski definition) is 0. The number of fused-ring (bicyclic) bond motifs is 1. The van der Waals surface area contributed by atoms with Gasteiger partial charge in [-0.15, -0.1) is 0 Å². The van der Waals surface area contributed by atoms with Gasteiger partial charge in [-0.3, -0.25) is 4.79 Å². The highest BCUT2D eigenvalue weighted by atomic mass is 19.1. The molecule has 1 amide bonds. The predicted molar refractivity (Wildman–Crippen MR) is 101 cm³/mol. The molecule has 0 radical (unpaired) electrons. The Morgan fingerprint density at radius 3 is 2.30 bits per heavy atom. The van der Waals surface area contributed by atoms with Crippen LogP contribution in [0.5, 0.6) is 0 Å². The fourth-order valence-corrected chi connectivity index (χ4v) is 3.74. The van der Waals surface area contributed by atoms with Crippen LogP contribution in [0.3, 0.4) is 0 Å². The molecular formula is C23H19F2NO. The molecule has 0 aliphatic carbocycles. The molecule has 3 aromatic carbocycles. The number of hydrogen-bond acceptors (Lipinski definition) is 1. The predicted octanol–water partition coefficient (Wildman–Crippen LogP) is 5.06. The lowest BCUT2D eigenvalue weighted by Gasteiger charge is -2.38. The molecule has 1 aliphatic rings. The topological polar surface area (TPSA) is 20.3 Å². The van der Waals surface area contributed by atoms with Gasteiger partial charge in [0.2, 0.25) is 0 Å². The maximum absolute atomic E-state index is 14.2. The molecular weight excluding hydrogens is 344 g/mol. The van der Waals surface area contributed by atoms with Crippen molar-refractivity contribution in [2.75, 3.05) is 6.54 Å². The molecule has 0 saturated heterocycles. The quantitative estimate of drug-likeness (QED) is 0.623. The zero-order valence-electron chi connectivity index (χ0n) is 15.0. The Morgan fingerprint density at radius 2 is 1.59 bits per heavy atom. The van der Waals surface area contributed by atoms with Gasteiger partial charge in [0, 0.05) is 6.54 Å². The summed E-state index contributed by atoms with van der Waals surface area (Å²) in [5, 5.41) is 0. The molecule has 1 heterocycles. The molecule has 4 rings (SSSR count). The van der Waals surface area contributed by atoms with E-state index in [1.807, 2.05) is 55.5 Å². The van der Waals surface area contributed by atoms with Gasteiger partial charge in [-0.25, -0.2) is 8.78 Å². The zero-order chi connectivity index (χ0) is 19.0. The standard InChI is InChI=1S/C23H19F2NO/c1-15-9-11-17(12-10-15)22-18-6-3-2-5-16(18)13-14-26(22)23(27)21-19(24)7-4-8-20(21)25/h2-12,22H,13-14H2,1H3. The molecule has 0 fully saturated rings. The maximum Gasteiger partial charge on any atom is 0.260 e. The number of benzene rings is 3. The summed E-state index contributed by atoms with van der Waals surface area (Å²) in [6.07, 6.45) is 0.653. The fourth-order valence-electron chi connectivity index (χ4n) is 3.74. The molecule has 27 heavy (non-hydrogen) atoms. The van der Waals surface area contributed by atoms with E-state index in [-0.39, 0.29) is 6.04 Å². The molecule has 1 atom stereocenters. The van der Waals surface area contributed by atoms with Crippen LogP contribution in [0, 0.1) is 18.6 Å². The minimum Gasteiger partial charge on any atom is -0.327 e. The van der Waals surface area contributed by atoms with Crippen LogP contribution >= 0.6 is 0 Å². The SMILES string of the molecule is Cc1ccc(C2c3ccccc3CCN2C(=O)c2c(F)cccc2F)cc1. The third-order valence-electron chi connectivity index (χ3n) is 5.11. The summed E-state index contributed by atoms with van der Waals surface area (Å²) in [7, 11) is 0. The van der Waals surface area contributed by atoms with Gasteiger partial charge < -0.3 is 4.90 Å². The smallest absolute Gasteiger partial charge is 0.260 e. The normalized spacial score (nSPS) is 16.1. The van der Waals surface area contributed by atoms with Crippen molar-refractivity contribution in [2.45, 2.75) is 19.4 Å². The average Bonchev–Trinajstić information content (AvgIpc) is 2.67. The van der Waals surface area contributed by atoms with E-state index in [0.717, 1.165) is 34.4 Å². The Balaban J connectivity index is 1.84. The molecule has 3 aromatic rings. The lowest BCUT2D eigenvalue weighted by Crippen LogP contribution is -2.41. The summed E-state index contributed by atoms with van der Waals surface area (Å²) >= 11 is 0. The lowest BCUT2D eigenvalue weighted by molar-refractivity contribution is 0.0684. The maximum atomic E-state index is 14.2. The van der Waals surface area contributed by atoms with E-state index in [4.69, 9.17) is 0 Å². The van der Waals surface area contributed by atoms with Crippen molar-refractivity contribution in [3.05, 3.63) is 106 Å². The number of halogens is 2. The number of carbonyl (C=O) groups is 1. The molecule has 136 valence electrons. The highest BCUT2D eigenvalue weighted by molar-refractivity contribution is 5.95. The minimum atomic E-state index is -0.832. The van der Waals surface area contributed by atoms with Gasteiger partial charge in [-0.05, 0) is 42.2 Å². The molecule has 1 aliphatic heterocycles. The summed E-state index contributed by atoms with van der Waals surface area (Å²) in [6.45, 7) is 2.40. The Hall–Kier alpha value is -3.01. The molecule has 0 bridgehead atoms. The van der Waals surface area contributed by atoms with Crippen LogP contribution in [-0.2, 0) is 6.42 Å². The van der Waals surface area contributed by atoms with Crippen LogP contribution in [0.25, 0.3) is 0 Å². The van der Waals surface area contributed by atoms with Gasteiger partial charge in [0.05, 0.1) is 6.04 Å². The Morgan fingerprint density at radius 1 is 0.926 bits per heavy atom. The first-order valence-electron chi connectivity index (χ1n) is 8.95. The largest absolute Gasteiger partial charge is 0.327 e. The van der Waals surface area contributed by atoms with Crippen molar-refractivity contribution in [1.82, 2.24) is 4.90 Å². The van der Waals surface area contributed by atoms with E-state index in [1.54, 1.807) is 4.90 Å². The van der Waals surface area contributed by atoms with Crippen LogP contribution in [0.15, 0.2) is 66.7 Å². The molecule has 4 heteroatoms. The Bertz CT molecular complexity index is 977. The van der Waals surface area contributed by atoms with E-state index in [2.05, 4.69) is 0 Å². The summed E-state index contributed by atoms with van der Waals surface area (Å²) in [4.78, 5) is 14.7. The fraction of sp³-hybridized carbons (Fsp3) is 0.174. The van der Waals surface area contributed by atoms with Crippen molar-refractivity contribution >= 4 is 5.91 Å². The summed E-state index contributed by atoms with van der Waals surface area (Å²) in [6, 6.07) is 19.0. The van der Waals surface area contributed by atoms with E-state index in [1.165, 1.54) is 6.07 Å². The summed E-state index contributed by atoms with van der Waals surface area (Å²) in [5.41, 5.74) is 3.70. The van der Waals surface area contributed by atoms with Gasteiger partial charge in [-0.1, -0.05) is 60.2 Å². The monoisotopic (exact) mass is 363 g/mol. The molecule has 0 saturated carbocycles. The Kier molecular flexibility index (Phi) is 4.48. The number of rotatable bonds is 2. The van der Waals surface area contributed by atoms with Crippen molar-refractivity contribution in [3.8, 4) is 0 Å². The van der Waals surface area contributed by atoms with Crippen molar-refractivity contribution < 1.29 is 13.6 Å². The van der Waals surface area contributed by atoms with Gasteiger partial charge in [0.25, 0.3) is 5.91 Å². The van der Waals surface area contributed by atoms with Crippen LogP contribution in [0.1, 0.15) is 38.7 Å². The number of aryl methyl sites for hydroxylation is 1. The van der Waals surface area contributed by atoms with Crippen LogP contribution in [-0.4, -0.2) is 17.4 Å². The zero-order valence-corrected chi connectivity index (χ0v) is 15.0. The van der Waals surface area contributed by atoms with Crippen molar-refractivity contribution in [1.29, 1.82) is 0 Å². The van der Waals surface area contributed by atoms with Crippen molar-refractivity contribution in [3.63, 3.8) is 0 Å². The van der Waals surface area contributed by atoms with E-state index < -0.39 is 23.1 Å². The minimum absolute atomic E-state index is 0.373. The molecule has 2 nitrogen and oxygen atoms in total. The van der Waals surface area contributed by atoms with Gasteiger partial charge in [-0.2, -0.15) is 0 Å². The van der Waals surface area contributed by atoms with Gasteiger partial charge in [0.1, 0.15) is 17.2 Å². The summed E-state index contributed by atoms with van der Waals surface area (Å²) in [5.74, 6) is -2.28. The van der Waals surface area contributed by atoms with Crippen LogP contribution < -0.4 is 0 Å². The third kappa shape index (κ3) is 3.12. The molecule has 0 N–H and O–H groups in total. The van der Waals surface area contributed by atoms with Crippen LogP contribution in [0.4, 0.5) is 8.78 Å².